The van der Waals surface area contributed by atoms with E-state index in [9.17, 15) is 14.7 Å². The number of carbonyl (C=O) groups excluding carboxylic acids is 1. The number of hydrogen-bond donors (Lipinski definition) is 1. The third kappa shape index (κ3) is 5.23. The van der Waals surface area contributed by atoms with Gasteiger partial charge < -0.3 is 9.84 Å². The van der Waals surface area contributed by atoms with Crippen LogP contribution >= 0.6 is 0 Å². The lowest BCUT2D eigenvalue weighted by atomic mass is 9.55. The summed E-state index contributed by atoms with van der Waals surface area (Å²) in [5, 5.41) is 10.1. The number of hydrogen-bond acceptors (Lipinski definition) is 3. The molecule has 2 atom stereocenters. The van der Waals surface area contributed by atoms with Crippen LogP contribution in [-0.2, 0) is 14.3 Å². The number of carboxylic acids is 1. The Morgan fingerprint density at radius 2 is 1.65 bits per heavy atom. The summed E-state index contributed by atoms with van der Waals surface area (Å²) < 4.78 is 5.71. The van der Waals surface area contributed by atoms with Crippen molar-refractivity contribution in [3.8, 4) is 0 Å². The van der Waals surface area contributed by atoms with Crippen molar-refractivity contribution in [2.75, 3.05) is 6.61 Å². The van der Waals surface area contributed by atoms with Gasteiger partial charge in [-0.3, -0.25) is 9.59 Å². The van der Waals surface area contributed by atoms with E-state index in [0.29, 0.717) is 31.8 Å². The van der Waals surface area contributed by atoms with E-state index in [2.05, 4.69) is 13.8 Å². The number of rotatable bonds is 10. The van der Waals surface area contributed by atoms with Crippen LogP contribution in [0.1, 0.15) is 92.9 Å². The first kappa shape index (κ1) is 23.0. The molecule has 0 aromatic rings. The van der Waals surface area contributed by atoms with Crippen LogP contribution in [0.5, 0.6) is 0 Å². The van der Waals surface area contributed by atoms with E-state index in [1.807, 2.05) is 20.8 Å². The molecular formula is C22H40O4. The quantitative estimate of drug-likeness (QED) is 0.503. The van der Waals surface area contributed by atoms with Gasteiger partial charge in [0.05, 0.1) is 17.4 Å². The fourth-order valence-corrected chi connectivity index (χ4v) is 4.58. The predicted molar refractivity (Wildman–Crippen MR) is 105 cm³/mol. The topological polar surface area (TPSA) is 63.6 Å². The lowest BCUT2D eigenvalue weighted by Gasteiger charge is -2.47. The summed E-state index contributed by atoms with van der Waals surface area (Å²) in [6.45, 7) is 12.2. The van der Waals surface area contributed by atoms with Crippen LogP contribution in [0, 0.1) is 28.6 Å². The molecule has 152 valence electrons. The zero-order valence-electron chi connectivity index (χ0n) is 17.8. The number of carboxylic acid groups (broad SMARTS) is 1. The number of ether oxygens (including phenoxy) is 1. The lowest BCUT2D eigenvalue weighted by molar-refractivity contribution is -0.183. The minimum Gasteiger partial charge on any atom is -0.481 e. The Balaban J connectivity index is 3.34. The van der Waals surface area contributed by atoms with Crippen molar-refractivity contribution >= 4 is 11.9 Å². The van der Waals surface area contributed by atoms with E-state index in [-0.39, 0.29) is 17.8 Å². The summed E-state index contributed by atoms with van der Waals surface area (Å²) >= 11 is 0. The van der Waals surface area contributed by atoms with Crippen LogP contribution in [0.4, 0.5) is 0 Å². The van der Waals surface area contributed by atoms with E-state index in [1.54, 1.807) is 6.92 Å². The standard InChI is InChI=1S/C22H40O4/c1-7-21(6,19(23)24)22(13-16(2)3,20(25)26-15-17(4)5)14-18-11-9-8-10-12-18/h16-18H,7-15H2,1-6H3,(H,23,24). The Labute approximate surface area is 160 Å². The molecule has 26 heavy (non-hydrogen) atoms. The first-order valence-corrected chi connectivity index (χ1v) is 10.5. The molecule has 0 spiro atoms. The largest absolute Gasteiger partial charge is 0.481 e. The van der Waals surface area contributed by atoms with Gasteiger partial charge in [0.2, 0.25) is 0 Å². The number of aliphatic carboxylic acids is 1. The van der Waals surface area contributed by atoms with Gasteiger partial charge >= 0.3 is 11.9 Å². The number of esters is 1. The Hall–Kier alpha value is -1.06. The minimum absolute atomic E-state index is 0.232. The first-order valence-electron chi connectivity index (χ1n) is 10.5. The third-order valence-electron chi connectivity index (χ3n) is 6.29. The van der Waals surface area contributed by atoms with Crippen LogP contribution in [-0.4, -0.2) is 23.7 Å². The molecule has 0 amide bonds. The molecule has 0 aromatic carbocycles. The van der Waals surface area contributed by atoms with Gasteiger partial charge in [-0.1, -0.05) is 66.7 Å². The number of carbonyl (C=O) groups is 2. The highest BCUT2D eigenvalue weighted by Crippen LogP contribution is 2.53. The molecule has 0 heterocycles. The smallest absolute Gasteiger partial charge is 0.313 e. The fraction of sp³-hybridized carbons (Fsp3) is 0.909. The van der Waals surface area contributed by atoms with Crippen molar-refractivity contribution in [1.29, 1.82) is 0 Å². The van der Waals surface area contributed by atoms with Gasteiger partial charge in [0.1, 0.15) is 0 Å². The summed E-state index contributed by atoms with van der Waals surface area (Å²) in [5.74, 6) is -0.284. The van der Waals surface area contributed by atoms with Crippen LogP contribution in [0.2, 0.25) is 0 Å². The second-order valence-electron chi connectivity index (χ2n) is 9.37. The SMILES string of the molecule is CCC(C)(C(=O)O)C(CC(C)C)(CC1CCCCC1)C(=O)OCC(C)C. The van der Waals surface area contributed by atoms with Crippen LogP contribution in [0.15, 0.2) is 0 Å². The highest BCUT2D eigenvalue weighted by molar-refractivity contribution is 5.87. The molecule has 0 saturated heterocycles. The summed E-state index contributed by atoms with van der Waals surface area (Å²) in [4.78, 5) is 25.8. The van der Waals surface area contributed by atoms with Crippen LogP contribution in [0.25, 0.3) is 0 Å². The van der Waals surface area contributed by atoms with Gasteiger partial charge in [-0.05, 0) is 43.9 Å². The Bertz CT molecular complexity index is 465. The molecule has 1 aliphatic carbocycles. The highest BCUT2D eigenvalue weighted by Gasteiger charge is 2.58. The third-order valence-corrected chi connectivity index (χ3v) is 6.29. The monoisotopic (exact) mass is 368 g/mol. The molecule has 0 bridgehead atoms. The Kier molecular flexibility index (Phi) is 8.62. The molecule has 0 aliphatic heterocycles. The maximum Gasteiger partial charge on any atom is 0.313 e. The van der Waals surface area contributed by atoms with Crippen LogP contribution < -0.4 is 0 Å². The fourth-order valence-electron chi connectivity index (χ4n) is 4.58. The first-order chi connectivity index (χ1) is 12.1. The van der Waals surface area contributed by atoms with Crippen LogP contribution in [0.3, 0.4) is 0 Å². The van der Waals surface area contributed by atoms with Crippen molar-refractivity contribution in [3.05, 3.63) is 0 Å². The minimum atomic E-state index is -1.11. The average molecular weight is 369 g/mol. The average Bonchev–Trinajstić information content (AvgIpc) is 2.58. The summed E-state index contributed by atoms with van der Waals surface area (Å²) in [7, 11) is 0. The van der Waals surface area contributed by atoms with E-state index >= 15 is 0 Å². The van der Waals surface area contributed by atoms with Crippen molar-refractivity contribution in [3.63, 3.8) is 0 Å². The van der Waals surface area contributed by atoms with Crippen molar-refractivity contribution in [2.45, 2.75) is 92.9 Å². The molecule has 0 aromatic heterocycles. The molecule has 4 heteroatoms. The van der Waals surface area contributed by atoms with Gasteiger partial charge in [0.25, 0.3) is 0 Å². The Morgan fingerprint density at radius 1 is 1.08 bits per heavy atom. The molecule has 2 unspecified atom stereocenters. The summed E-state index contributed by atoms with van der Waals surface area (Å²) in [5.41, 5.74) is -2.07. The van der Waals surface area contributed by atoms with Gasteiger partial charge in [0, 0.05) is 0 Å². The van der Waals surface area contributed by atoms with Gasteiger partial charge in [-0.25, -0.2) is 0 Å². The van der Waals surface area contributed by atoms with E-state index < -0.39 is 16.8 Å². The molecule has 1 rings (SSSR count). The molecule has 1 aliphatic rings. The van der Waals surface area contributed by atoms with E-state index in [4.69, 9.17) is 4.74 Å². The molecular weight excluding hydrogens is 328 g/mol. The maximum absolute atomic E-state index is 13.4. The molecule has 1 saturated carbocycles. The zero-order valence-corrected chi connectivity index (χ0v) is 17.8. The van der Waals surface area contributed by atoms with Gasteiger partial charge in [-0.2, -0.15) is 0 Å². The molecule has 1 fully saturated rings. The van der Waals surface area contributed by atoms with Crippen molar-refractivity contribution in [1.82, 2.24) is 0 Å². The second-order valence-corrected chi connectivity index (χ2v) is 9.37. The summed E-state index contributed by atoms with van der Waals surface area (Å²) in [6.07, 6.45) is 7.43. The molecule has 0 radical (unpaired) electrons. The van der Waals surface area contributed by atoms with E-state index in [0.717, 1.165) is 12.8 Å². The maximum atomic E-state index is 13.4. The molecule has 1 N–H and O–H groups in total. The zero-order chi connectivity index (χ0) is 20.0. The van der Waals surface area contributed by atoms with Gasteiger partial charge in [-0.15, -0.1) is 0 Å². The predicted octanol–water partition coefficient (Wildman–Crippen LogP) is 5.69. The molecule has 4 nitrogen and oxygen atoms in total. The highest BCUT2D eigenvalue weighted by atomic mass is 16.5. The Morgan fingerprint density at radius 3 is 2.08 bits per heavy atom. The van der Waals surface area contributed by atoms with E-state index in [1.165, 1.54) is 19.3 Å². The lowest BCUT2D eigenvalue weighted by Crippen LogP contribution is -2.53. The van der Waals surface area contributed by atoms with Crippen molar-refractivity contribution in [2.24, 2.45) is 28.6 Å². The summed E-state index contributed by atoms with van der Waals surface area (Å²) in [6, 6.07) is 0. The van der Waals surface area contributed by atoms with Gasteiger partial charge in [0.15, 0.2) is 0 Å². The second kappa shape index (κ2) is 9.75. The van der Waals surface area contributed by atoms with Crippen molar-refractivity contribution < 1.29 is 19.4 Å². The normalized spacial score (nSPS) is 20.6.